The van der Waals surface area contributed by atoms with Crippen molar-refractivity contribution in [1.29, 1.82) is 0 Å². The minimum atomic E-state index is -4.41. The van der Waals surface area contributed by atoms with E-state index in [1.165, 1.54) is 0 Å². The largest absolute Gasteiger partial charge is 0.434 e. The van der Waals surface area contributed by atoms with Gasteiger partial charge in [-0.1, -0.05) is 25.5 Å². The molecular formula is C20H27F3IN5OS. The Morgan fingerprint density at radius 3 is 2.42 bits per heavy atom. The topological polar surface area (TPSA) is 78.4 Å². The van der Waals surface area contributed by atoms with Crippen LogP contribution in [0.3, 0.4) is 0 Å². The lowest BCUT2D eigenvalue weighted by Crippen LogP contribution is -2.37. The third-order valence-electron chi connectivity index (χ3n) is 4.19. The Kier molecular flexibility index (Phi) is 11.8. The lowest BCUT2D eigenvalue weighted by Gasteiger charge is -2.12. The van der Waals surface area contributed by atoms with Crippen LogP contribution in [0.15, 0.2) is 34.6 Å². The van der Waals surface area contributed by atoms with Gasteiger partial charge in [0.15, 0.2) is 11.7 Å². The van der Waals surface area contributed by atoms with Gasteiger partial charge >= 0.3 is 6.18 Å². The molecule has 0 saturated heterocycles. The van der Waals surface area contributed by atoms with E-state index < -0.39 is 11.9 Å². The molecule has 6 nitrogen and oxygen atoms in total. The molecular weight excluding hydrogens is 542 g/mol. The Labute approximate surface area is 201 Å². The first-order valence-corrected chi connectivity index (χ1v) is 10.5. The van der Waals surface area contributed by atoms with E-state index >= 15 is 0 Å². The van der Waals surface area contributed by atoms with Crippen LogP contribution in [0.5, 0.6) is 0 Å². The molecule has 172 valence electrons. The number of unbranched alkanes of at least 4 members (excludes halogenated alkanes) is 1. The van der Waals surface area contributed by atoms with Crippen molar-refractivity contribution in [3.63, 3.8) is 0 Å². The molecule has 1 aromatic heterocycles. The fourth-order valence-electron chi connectivity index (χ4n) is 2.50. The van der Waals surface area contributed by atoms with Crippen molar-refractivity contribution in [2.45, 2.75) is 38.9 Å². The number of aliphatic imine (C=N–C) groups is 1. The van der Waals surface area contributed by atoms with Gasteiger partial charge in [0.25, 0.3) is 5.91 Å². The number of thiazole rings is 1. The zero-order valence-electron chi connectivity index (χ0n) is 17.4. The summed E-state index contributed by atoms with van der Waals surface area (Å²) in [4.78, 5) is 19.7. The molecule has 0 saturated carbocycles. The number of nitrogens with zero attached hydrogens (tertiary/aromatic N) is 2. The fraction of sp³-hybridized carbons (Fsp3) is 0.450. The average molecular weight is 569 g/mol. The minimum Gasteiger partial charge on any atom is -0.356 e. The number of hydrogen-bond acceptors (Lipinski definition) is 4. The summed E-state index contributed by atoms with van der Waals surface area (Å²) in [5.41, 5.74) is 0.726. The summed E-state index contributed by atoms with van der Waals surface area (Å²) in [5, 5.41) is 10.5. The van der Waals surface area contributed by atoms with Crippen molar-refractivity contribution in [1.82, 2.24) is 20.9 Å². The highest BCUT2D eigenvalue weighted by Crippen LogP contribution is 2.29. The summed E-state index contributed by atoms with van der Waals surface area (Å²) in [7, 11) is 1.62. The second kappa shape index (κ2) is 13.5. The lowest BCUT2D eigenvalue weighted by molar-refractivity contribution is -0.140. The monoisotopic (exact) mass is 569 g/mol. The fourth-order valence-corrected chi connectivity index (χ4v) is 3.31. The van der Waals surface area contributed by atoms with E-state index in [2.05, 4.69) is 32.9 Å². The summed E-state index contributed by atoms with van der Waals surface area (Å²) in [6.45, 7) is 3.63. The Morgan fingerprint density at radius 2 is 1.84 bits per heavy atom. The molecule has 2 rings (SSSR count). The summed E-state index contributed by atoms with van der Waals surface area (Å²) < 4.78 is 37.8. The molecule has 11 heteroatoms. The number of alkyl halides is 3. The first kappa shape index (κ1) is 27.1. The van der Waals surface area contributed by atoms with E-state index in [0.29, 0.717) is 42.6 Å². The van der Waals surface area contributed by atoms with Crippen molar-refractivity contribution in [2.75, 3.05) is 20.1 Å². The Balaban J connectivity index is 0.00000480. The van der Waals surface area contributed by atoms with Crippen LogP contribution < -0.4 is 16.0 Å². The van der Waals surface area contributed by atoms with E-state index in [1.807, 2.05) is 12.1 Å². The maximum absolute atomic E-state index is 12.6. The summed E-state index contributed by atoms with van der Waals surface area (Å²) in [5.74, 6) is 0.445. The SMILES string of the molecule is CCCCNC(=O)c1ccc(CNC(=NC)NCCc2nc(C(F)(F)F)cs2)cc1.I. The van der Waals surface area contributed by atoms with Gasteiger partial charge in [-0.2, -0.15) is 13.2 Å². The van der Waals surface area contributed by atoms with Gasteiger partial charge in [0.05, 0.1) is 5.01 Å². The van der Waals surface area contributed by atoms with E-state index in [9.17, 15) is 18.0 Å². The van der Waals surface area contributed by atoms with Gasteiger partial charge in [0.1, 0.15) is 0 Å². The second-order valence-corrected chi connectivity index (χ2v) is 7.48. The van der Waals surface area contributed by atoms with Gasteiger partial charge in [0, 0.05) is 44.0 Å². The molecule has 1 aromatic carbocycles. The third kappa shape index (κ3) is 9.42. The zero-order chi connectivity index (χ0) is 22.0. The second-order valence-electron chi connectivity index (χ2n) is 6.53. The Hall–Kier alpha value is -1.89. The van der Waals surface area contributed by atoms with Gasteiger partial charge in [-0.15, -0.1) is 35.3 Å². The van der Waals surface area contributed by atoms with Gasteiger partial charge in [0.2, 0.25) is 0 Å². The number of aromatic nitrogens is 1. The zero-order valence-corrected chi connectivity index (χ0v) is 20.5. The number of rotatable bonds is 9. The van der Waals surface area contributed by atoms with Gasteiger partial charge in [-0.3, -0.25) is 9.79 Å². The molecule has 0 unspecified atom stereocenters. The van der Waals surface area contributed by atoms with Gasteiger partial charge in [-0.05, 0) is 24.1 Å². The number of benzene rings is 1. The van der Waals surface area contributed by atoms with Crippen molar-refractivity contribution < 1.29 is 18.0 Å². The van der Waals surface area contributed by atoms with Crippen molar-refractivity contribution in [2.24, 2.45) is 4.99 Å². The third-order valence-corrected chi connectivity index (χ3v) is 5.10. The van der Waals surface area contributed by atoms with E-state index in [-0.39, 0.29) is 29.9 Å². The Bertz CT molecular complexity index is 840. The number of nitrogens with one attached hydrogen (secondary N) is 3. The van der Waals surface area contributed by atoms with Crippen LogP contribution in [0.25, 0.3) is 0 Å². The molecule has 3 N–H and O–H groups in total. The molecule has 0 atom stereocenters. The van der Waals surface area contributed by atoms with Gasteiger partial charge < -0.3 is 16.0 Å². The molecule has 1 heterocycles. The van der Waals surface area contributed by atoms with E-state index in [0.717, 1.165) is 35.1 Å². The van der Waals surface area contributed by atoms with Crippen LogP contribution in [0.4, 0.5) is 13.2 Å². The number of guanidine groups is 1. The molecule has 1 amide bonds. The molecule has 2 aromatic rings. The molecule has 0 spiro atoms. The summed E-state index contributed by atoms with van der Waals surface area (Å²) in [6, 6.07) is 7.27. The molecule has 0 bridgehead atoms. The minimum absolute atomic E-state index is 0. The van der Waals surface area contributed by atoms with Crippen LogP contribution in [0.2, 0.25) is 0 Å². The van der Waals surface area contributed by atoms with Crippen LogP contribution in [0, 0.1) is 0 Å². The number of amides is 1. The first-order chi connectivity index (χ1) is 14.3. The number of carbonyl (C=O) groups excluding carboxylic acids is 1. The van der Waals surface area contributed by atoms with Gasteiger partial charge in [-0.25, -0.2) is 4.98 Å². The number of carbonyl (C=O) groups is 1. The molecule has 0 aliphatic rings. The number of hydrogen-bond donors (Lipinski definition) is 3. The van der Waals surface area contributed by atoms with Crippen molar-refractivity contribution >= 4 is 47.2 Å². The quantitative estimate of drug-likeness (QED) is 0.183. The predicted octanol–water partition coefficient (Wildman–Crippen LogP) is 4.22. The normalized spacial score (nSPS) is 11.6. The standard InChI is InChI=1S/C20H26F3N5OS.HI/c1-3-4-10-25-18(29)15-7-5-14(6-8-15)12-27-19(24-2)26-11-9-17-28-16(13-30-17)20(21,22)23;/h5-8,13H,3-4,9-12H2,1-2H3,(H,25,29)(H2,24,26,27);1H. The van der Waals surface area contributed by atoms with E-state index in [1.54, 1.807) is 19.2 Å². The van der Waals surface area contributed by atoms with Crippen LogP contribution >= 0.6 is 35.3 Å². The van der Waals surface area contributed by atoms with Crippen LogP contribution in [-0.4, -0.2) is 37.0 Å². The highest BCUT2D eigenvalue weighted by atomic mass is 127. The molecule has 0 fully saturated rings. The van der Waals surface area contributed by atoms with Crippen molar-refractivity contribution in [3.05, 3.63) is 51.5 Å². The highest BCUT2D eigenvalue weighted by Gasteiger charge is 2.33. The lowest BCUT2D eigenvalue weighted by atomic mass is 10.1. The predicted molar refractivity (Wildman–Crippen MR) is 128 cm³/mol. The maximum atomic E-state index is 12.6. The highest BCUT2D eigenvalue weighted by molar-refractivity contribution is 14.0. The average Bonchev–Trinajstić information content (AvgIpc) is 3.20. The molecule has 0 aliphatic heterocycles. The smallest absolute Gasteiger partial charge is 0.356 e. The van der Waals surface area contributed by atoms with E-state index in [4.69, 9.17) is 0 Å². The summed E-state index contributed by atoms with van der Waals surface area (Å²) in [6.07, 6.45) is -2.07. The Morgan fingerprint density at radius 1 is 1.13 bits per heavy atom. The number of halogens is 4. The first-order valence-electron chi connectivity index (χ1n) is 9.66. The van der Waals surface area contributed by atoms with Crippen molar-refractivity contribution in [3.8, 4) is 0 Å². The summed E-state index contributed by atoms with van der Waals surface area (Å²) >= 11 is 0.991. The van der Waals surface area contributed by atoms with Crippen LogP contribution in [0.1, 0.15) is 46.4 Å². The molecule has 31 heavy (non-hydrogen) atoms. The maximum Gasteiger partial charge on any atom is 0.434 e. The molecule has 0 radical (unpaired) electrons. The molecule has 0 aliphatic carbocycles. The van der Waals surface area contributed by atoms with Crippen LogP contribution in [-0.2, 0) is 19.1 Å².